The van der Waals surface area contributed by atoms with Gasteiger partial charge in [-0.3, -0.25) is 28.8 Å². The van der Waals surface area contributed by atoms with Gasteiger partial charge in [-0.1, -0.05) is 79.7 Å². The number of likely N-dealkylation sites (N-methyl/N-ethyl adjacent to an activating group) is 2. The van der Waals surface area contributed by atoms with Crippen molar-refractivity contribution in [2.24, 2.45) is 5.41 Å². The van der Waals surface area contributed by atoms with E-state index in [0.717, 1.165) is 49.7 Å². The number of likely N-dealkylation sites (tertiary alicyclic amines) is 2. The van der Waals surface area contributed by atoms with Crippen LogP contribution in [0.15, 0.2) is 60.9 Å². The molecule has 2 aromatic heterocycles. The van der Waals surface area contributed by atoms with Gasteiger partial charge in [0.2, 0.25) is 35.4 Å². The number of nitrogens with zero attached hydrogens (tertiary/aromatic N) is 8. The van der Waals surface area contributed by atoms with E-state index >= 15 is 0 Å². The molecular weight excluding hydrogens is 985 g/mol. The quantitative estimate of drug-likeness (QED) is 0.0707. The maximum Gasteiger partial charge on any atom is 0.315 e. The molecule has 0 bridgehead atoms. The zero-order chi connectivity index (χ0) is 55.1. The second-order valence-electron chi connectivity index (χ2n) is 22.1. The summed E-state index contributed by atoms with van der Waals surface area (Å²) in [7, 11) is 3.33. The smallest absolute Gasteiger partial charge is 0.315 e. The molecule has 2 aliphatic heterocycles. The van der Waals surface area contributed by atoms with Crippen LogP contribution in [-0.2, 0) is 54.7 Å². The SMILES string of the molecule is CNC(C)C(=O)NC(C)C(=O)N1CC(n2cc(CNC(=O)NCc3cn(C4CC(C(=O)NC5CCCc6ccccc65)N(C(=O)C(NC(=O)C(C)NC)C(C)(C)C)C4)nn3)nn2)CC1C(=O)NC1CCCc2ccccc21. The van der Waals surface area contributed by atoms with Crippen molar-refractivity contribution in [1.82, 2.24) is 82.3 Å². The Bertz CT molecular complexity index is 2790. The Morgan fingerprint density at radius 3 is 1.51 bits per heavy atom. The van der Waals surface area contributed by atoms with Crippen LogP contribution in [0.4, 0.5) is 4.79 Å². The molecule has 8 amide bonds. The van der Waals surface area contributed by atoms with Crippen molar-refractivity contribution < 1.29 is 33.6 Å². The number of rotatable bonds is 18. The topological polar surface area (TPSA) is 284 Å². The fourth-order valence-corrected chi connectivity index (χ4v) is 10.9. The molecule has 4 aromatic rings. The van der Waals surface area contributed by atoms with E-state index in [4.69, 9.17) is 0 Å². The van der Waals surface area contributed by atoms with Gasteiger partial charge >= 0.3 is 6.03 Å². The van der Waals surface area contributed by atoms with Gasteiger partial charge in [-0.2, -0.15) is 0 Å². The summed E-state index contributed by atoms with van der Waals surface area (Å²) in [5.41, 5.74) is 4.71. The number of aromatic nitrogens is 6. The molecule has 8 N–H and O–H groups in total. The zero-order valence-corrected chi connectivity index (χ0v) is 45.5. The lowest BCUT2D eigenvalue weighted by molar-refractivity contribution is -0.144. The monoisotopic (exact) mass is 1060 g/mol. The zero-order valence-electron chi connectivity index (χ0n) is 45.5. The molecule has 2 fully saturated rings. The van der Waals surface area contributed by atoms with E-state index in [1.54, 1.807) is 61.5 Å². The number of hydrogen-bond acceptors (Lipinski definition) is 13. The Labute approximate surface area is 449 Å². The third kappa shape index (κ3) is 13.1. The lowest BCUT2D eigenvalue weighted by atomic mass is 9.85. The molecule has 0 saturated carbocycles. The van der Waals surface area contributed by atoms with Crippen molar-refractivity contribution >= 4 is 41.5 Å². The second-order valence-corrected chi connectivity index (χ2v) is 22.1. The first-order valence-corrected chi connectivity index (χ1v) is 27.0. The second kappa shape index (κ2) is 24.4. The molecule has 4 heterocycles. The Morgan fingerprint density at radius 1 is 0.610 bits per heavy atom. The van der Waals surface area contributed by atoms with Crippen molar-refractivity contribution in [2.45, 2.75) is 166 Å². The molecule has 8 rings (SSSR count). The summed E-state index contributed by atoms with van der Waals surface area (Å²) in [4.78, 5) is 99.4. The highest BCUT2D eigenvalue weighted by Gasteiger charge is 2.47. The van der Waals surface area contributed by atoms with Crippen LogP contribution in [0.5, 0.6) is 0 Å². The fourth-order valence-electron chi connectivity index (χ4n) is 10.9. The first-order chi connectivity index (χ1) is 36.8. The number of fused-ring (bicyclic) bond motifs is 2. The van der Waals surface area contributed by atoms with Crippen LogP contribution >= 0.6 is 0 Å². The van der Waals surface area contributed by atoms with E-state index < -0.39 is 65.7 Å². The summed E-state index contributed by atoms with van der Waals surface area (Å²) in [5.74, 6) is -2.03. The normalized spacial score (nSPS) is 22.6. The molecule has 10 unspecified atom stereocenters. The van der Waals surface area contributed by atoms with Crippen LogP contribution in [0.2, 0.25) is 0 Å². The van der Waals surface area contributed by atoms with Gasteiger partial charge in [0.1, 0.15) is 35.6 Å². The molecule has 10 atom stereocenters. The Balaban J connectivity index is 0.893. The summed E-state index contributed by atoms with van der Waals surface area (Å²) in [5, 5.41) is 40.9. The highest BCUT2D eigenvalue weighted by Crippen LogP contribution is 2.35. The van der Waals surface area contributed by atoms with E-state index in [1.165, 1.54) is 16.0 Å². The summed E-state index contributed by atoms with van der Waals surface area (Å²) in [6.45, 7) is 10.9. The van der Waals surface area contributed by atoms with E-state index in [-0.39, 0.29) is 80.6 Å². The largest absolute Gasteiger partial charge is 0.347 e. The van der Waals surface area contributed by atoms with Crippen molar-refractivity contribution in [3.05, 3.63) is 94.6 Å². The van der Waals surface area contributed by atoms with Crippen molar-refractivity contribution in [3.8, 4) is 0 Å². The molecular formula is C54H76N16O7. The third-order valence-electron chi connectivity index (χ3n) is 15.6. The van der Waals surface area contributed by atoms with E-state index in [2.05, 4.69) is 75.3 Å². The summed E-state index contributed by atoms with van der Waals surface area (Å²) < 4.78 is 3.22. The van der Waals surface area contributed by atoms with Gasteiger partial charge in [-0.05, 0) is 101 Å². The van der Waals surface area contributed by atoms with Crippen LogP contribution < -0.4 is 42.5 Å². The summed E-state index contributed by atoms with van der Waals surface area (Å²) in [6.07, 6.45) is 9.09. The molecule has 0 radical (unpaired) electrons. The number of carbonyl (C=O) groups excluding carboxylic acids is 7. The number of urea groups is 1. The number of amides is 8. The number of carbonyl (C=O) groups is 7. The number of benzene rings is 2. The van der Waals surface area contributed by atoms with Crippen molar-refractivity contribution in [1.29, 1.82) is 0 Å². The molecule has 23 nitrogen and oxygen atoms in total. The molecule has 414 valence electrons. The highest BCUT2D eigenvalue weighted by molar-refractivity contribution is 5.95. The Morgan fingerprint density at radius 2 is 1.05 bits per heavy atom. The van der Waals surface area contributed by atoms with Gasteiger partial charge in [-0.25, -0.2) is 14.2 Å². The molecule has 2 saturated heterocycles. The minimum absolute atomic E-state index is 0.00917. The third-order valence-corrected chi connectivity index (χ3v) is 15.6. The van der Waals surface area contributed by atoms with Gasteiger partial charge in [0.15, 0.2) is 0 Å². The highest BCUT2D eigenvalue weighted by atomic mass is 16.2. The van der Waals surface area contributed by atoms with Crippen LogP contribution in [0, 0.1) is 5.41 Å². The van der Waals surface area contributed by atoms with Gasteiger partial charge in [0.05, 0.1) is 61.7 Å². The predicted molar refractivity (Wildman–Crippen MR) is 284 cm³/mol. The maximum absolute atomic E-state index is 14.6. The van der Waals surface area contributed by atoms with Gasteiger partial charge < -0.3 is 52.3 Å². The van der Waals surface area contributed by atoms with Crippen LogP contribution in [0.3, 0.4) is 0 Å². The molecule has 2 aromatic carbocycles. The number of aryl methyl sites for hydroxylation is 2. The average Bonchev–Trinajstić information content (AvgIpc) is 4.29. The van der Waals surface area contributed by atoms with Crippen LogP contribution in [0.1, 0.15) is 138 Å². The van der Waals surface area contributed by atoms with E-state index in [9.17, 15) is 33.6 Å². The van der Waals surface area contributed by atoms with E-state index in [0.29, 0.717) is 11.4 Å². The van der Waals surface area contributed by atoms with Gasteiger partial charge in [0, 0.05) is 25.9 Å². The minimum atomic E-state index is -0.934. The average molecular weight is 1060 g/mol. The summed E-state index contributed by atoms with van der Waals surface area (Å²) in [6, 6.07) is 9.72. The molecule has 0 spiro atoms. The first kappa shape index (κ1) is 55.9. The van der Waals surface area contributed by atoms with E-state index in [1.807, 2.05) is 57.2 Å². The van der Waals surface area contributed by atoms with Gasteiger partial charge in [0.25, 0.3) is 0 Å². The lowest BCUT2D eigenvalue weighted by Crippen LogP contribution is -2.59. The number of nitrogens with one attached hydrogen (secondary N) is 8. The van der Waals surface area contributed by atoms with Crippen LogP contribution in [0.25, 0.3) is 0 Å². The standard InChI is InChI=1S/C54H76N16O7/c1-31(55-7)47(71)59-33(3)51(75)67-29-38(23-44(67)49(73)60-42-21-13-17-34-15-9-11-19-40(34)42)69-27-36(63-65-69)25-57-53(77)58-26-37-28-70(66-64-37)39-24-45(50(74)61-43-22-14-18-35-16-10-12-20-41(35)43)68(30-39)52(76)46(54(4,5)6)62-48(72)32(2)56-8/h9-12,15-16,19-20,27-28,31-33,38-39,42-46,55-56H,13-14,17-18,21-26,29-30H2,1-8H3,(H,59,71)(H,60,73)(H,61,74)(H,62,72)(H2,57,58,77). The summed E-state index contributed by atoms with van der Waals surface area (Å²) >= 11 is 0. The molecule has 77 heavy (non-hydrogen) atoms. The predicted octanol–water partition coefficient (Wildman–Crippen LogP) is 1.79. The lowest BCUT2D eigenvalue weighted by Gasteiger charge is -2.36. The first-order valence-electron chi connectivity index (χ1n) is 27.0. The number of hydrogen-bond donors (Lipinski definition) is 8. The fraction of sp³-hybridized carbons (Fsp3) is 0.574. The molecule has 2 aliphatic carbocycles. The molecule has 23 heteroatoms. The van der Waals surface area contributed by atoms with Crippen LogP contribution in [-0.4, -0.2) is 145 Å². The van der Waals surface area contributed by atoms with Gasteiger partial charge in [-0.15, -0.1) is 10.2 Å². The van der Waals surface area contributed by atoms with Crippen molar-refractivity contribution in [3.63, 3.8) is 0 Å². The Hall–Kier alpha value is -7.27. The van der Waals surface area contributed by atoms with Crippen molar-refractivity contribution in [2.75, 3.05) is 27.2 Å². The molecule has 4 aliphatic rings. The Kier molecular flexibility index (Phi) is 17.7. The maximum atomic E-state index is 14.6. The minimum Gasteiger partial charge on any atom is -0.347 e.